The van der Waals surface area contributed by atoms with Gasteiger partial charge in [-0.25, -0.2) is 13.6 Å². The van der Waals surface area contributed by atoms with Crippen LogP contribution >= 0.6 is 0 Å². The highest BCUT2D eigenvalue weighted by atomic mass is 19.1. The highest BCUT2D eigenvalue weighted by Crippen LogP contribution is 2.37. The molecular formula is C60H69F2N7O5. The molecule has 0 spiro atoms. The number of anilines is 4. The van der Waals surface area contributed by atoms with Crippen LogP contribution in [0, 0.1) is 11.6 Å². The summed E-state index contributed by atoms with van der Waals surface area (Å²) in [6.07, 6.45) is 3.24. The molecule has 2 saturated heterocycles. The second kappa shape index (κ2) is 26.0. The number of likely N-dealkylation sites (tertiary alicyclic amines) is 2. The molecule has 6 aromatic carbocycles. The van der Waals surface area contributed by atoms with Crippen LogP contribution in [0.2, 0.25) is 0 Å². The van der Waals surface area contributed by atoms with Gasteiger partial charge in [0.25, 0.3) is 11.8 Å². The van der Waals surface area contributed by atoms with Crippen molar-refractivity contribution < 1.29 is 33.1 Å². The van der Waals surface area contributed by atoms with E-state index < -0.39 is 23.5 Å². The fourth-order valence-electron chi connectivity index (χ4n) is 10.0. The molecule has 0 aliphatic carbocycles. The van der Waals surface area contributed by atoms with Crippen LogP contribution in [-0.4, -0.2) is 113 Å². The van der Waals surface area contributed by atoms with Crippen LogP contribution < -0.4 is 15.5 Å². The van der Waals surface area contributed by atoms with Crippen molar-refractivity contribution >= 4 is 46.4 Å². The molecule has 2 fully saturated rings. The number of carbonyl (C=O) groups is 4. The molecule has 74 heavy (non-hydrogen) atoms. The van der Waals surface area contributed by atoms with Crippen LogP contribution in [0.4, 0.5) is 31.5 Å². The molecule has 388 valence electrons. The third-order valence-corrected chi connectivity index (χ3v) is 14.2. The first-order valence-electron chi connectivity index (χ1n) is 25.8. The molecule has 6 aromatic rings. The van der Waals surface area contributed by atoms with E-state index in [0.29, 0.717) is 43.0 Å². The van der Waals surface area contributed by atoms with Crippen LogP contribution in [0.15, 0.2) is 146 Å². The average Bonchev–Trinajstić information content (AvgIpc) is 3.42. The third-order valence-electron chi connectivity index (χ3n) is 14.2. The van der Waals surface area contributed by atoms with Crippen molar-refractivity contribution in [2.24, 2.45) is 5.73 Å². The first kappa shape index (κ1) is 54.4. The monoisotopic (exact) mass is 1010 g/mol. The minimum absolute atomic E-state index is 0.0186. The molecule has 0 unspecified atom stereocenters. The fourth-order valence-corrected chi connectivity index (χ4v) is 10.0. The van der Waals surface area contributed by atoms with E-state index in [9.17, 15) is 24.3 Å². The first-order valence-corrected chi connectivity index (χ1v) is 25.8. The Morgan fingerprint density at radius 3 is 1.18 bits per heavy atom. The first-order chi connectivity index (χ1) is 35.8. The zero-order valence-corrected chi connectivity index (χ0v) is 43.0. The van der Waals surface area contributed by atoms with Crippen LogP contribution in [0.25, 0.3) is 0 Å². The van der Waals surface area contributed by atoms with Crippen molar-refractivity contribution in [2.45, 2.75) is 78.6 Å². The van der Waals surface area contributed by atoms with Crippen molar-refractivity contribution in [3.63, 3.8) is 0 Å². The zero-order chi connectivity index (χ0) is 52.7. The van der Waals surface area contributed by atoms with E-state index in [2.05, 4.69) is 34.1 Å². The fraction of sp³-hybridized carbons (Fsp3) is 0.333. The molecule has 2 aliphatic rings. The Balaban J connectivity index is 0.000000216. The van der Waals surface area contributed by atoms with Gasteiger partial charge in [-0.2, -0.15) is 0 Å². The molecule has 3 amide bonds. The average molecular weight is 1010 g/mol. The molecule has 0 atom stereocenters. The number of amides is 3. The quantitative estimate of drug-likeness (QED) is 0.0863. The van der Waals surface area contributed by atoms with Gasteiger partial charge in [0.05, 0.1) is 16.9 Å². The second-order valence-corrected chi connectivity index (χ2v) is 18.8. The van der Waals surface area contributed by atoms with Gasteiger partial charge >= 0.3 is 5.97 Å². The molecule has 14 heteroatoms. The van der Waals surface area contributed by atoms with Crippen LogP contribution in [0.3, 0.4) is 0 Å². The zero-order valence-electron chi connectivity index (χ0n) is 43.0. The van der Waals surface area contributed by atoms with E-state index >= 15 is 8.78 Å². The van der Waals surface area contributed by atoms with E-state index in [4.69, 9.17) is 5.73 Å². The normalized spacial score (nSPS) is 14.4. The Kier molecular flexibility index (Phi) is 19.1. The minimum atomic E-state index is -1.10. The second-order valence-electron chi connectivity index (χ2n) is 18.8. The van der Waals surface area contributed by atoms with Gasteiger partial charge in [-0.05, 0) is 149 Å². The van der Waals surface area contributed by atoms with Gasteiger partial charge in [0.2, 0.25) is 5.91 Å². The largest absolute Gasteiger partial charge is 0.478 e. The maximum Gasteiger partial charge on any atom is 0.335 e. The molecule has 2 aliphatic heterocycles. The number of hydrogen-bond donors (Lipinski definition) is 2. The number of carbonyl (C=O) groups excluding carboxylic acids is 3. The Morgan fingerprint density at radius 2 is 0.838 bits per heavy atom. The number of rotatable bonds is 18. The number of nitrogens with two attached hydrogens (primary N) is 1. The minimum Gasteiger partial charge on any atom is -0.478 e. The SMILES string of the molecule is CCN(CC)C(=O)c1ccc(N(c2cc(C(=O)O)ccc2F)C2CCN(Cc3ccccc3)CC2)cc1.CCN(CC)C(=O)c1ccc(N(c2cc(C(N)=O)ccc2F)C2CCN(Cc3ccccc3)CC2)cc1. The van der Waals surface area contributed by atoms with E-state index in [1.807, 2.05) is 98.2 Å². The van der Waals surface area contributed by atoms with E-state index in [-0.39, 0.29) is 40.7 Å². The van der Waals surface area contributed by atoms with Gasteiger partial charge in [0.15, 0.2) is 0 Å². The highest BCUT2D eigenvalue weighted by molar-refractivity contribution is 5.96. The van der Waals surface area contributed by atoms with Crippen LogP contribution in [-0.2, 0) is 13.1 Å². The maximum atomic E-state index is 15.2. The number of aromatic carboxylic acids is 1. The lowest BCUT2D eigenvalue weighted by molar-refractivity contribution is 0.0694. The number of carboxylic acid groups (broad SMARTS) is 1. The molecule has 0 aromatic heterocycles. The van der Waals surface area contributed by atoms with Gasteiger partial charge in [-0.15, -0.1) is 0 Å². The van der Waals surface area contributed by atoms with Gasteiger partial charge in [0.1, 0.15) is 11.6 Å². The molecule has 0 radical (unpaired) electrons. The number of benzene rings is 6. The summed E-state index contributed by atoms with van der Waals surface area (Å²) < 4.78 is 30.4. The maximum absolute atomic E-state index is 15.2. The summed E-state index contributed by atoms with van der Waals surface area (Å²) in [6, 6.07) is 43.4. The predicted molar refractivity (Wildman–Crippen MR) is 289 cm³/mol. The molecule has 2 heterocycles. The smallest absolute Gasteiger partial charge is 0.335 e. The lowest BCUT2D eigenvalue weighted by Gasteiger charge is -2.40. The summed E-state index contributed by atoms with van der Waals surface area (Å²) >= 11 is 0. The van der Waals surface area contributed by atoms with Crippen molar-refractivity contribution in [1.29, 1.82) is 0 Å². The Labute approximate surface area is 434 Å². The van der Waals surface area contributed by atoms with Gasteiger partial charge in [-0.3, -0.25) is 24.2 Å². The van der Waals surface area contributed by atoms with Crippen molar-refractivity contribution in [1.82, 2.24) is 19.6 Å². The summed E-state index contributed by atoms with van der Waals surface area (Å²) in [5.41, 5.74) is 11.6. The number of nitrogens with zero attached hydrogens (tertiary/aromatic N) is 6. The van der Waals surface area contributed by atoms with E-state index in [0.717, 1.165) is 76.3 Å². The molecule has 0 bridgehead atoms. The summed E-state index contributed by atoms with van der Waals surface area (Å²) in [4.78, 5) is 61.4. The lowest BCUT2D eigenvalue weighted by Crippen LogP contribution is -2.43. The summed E-state index contributed by atoms with van der Waals surface area (Å²) in [5.74, 6) is -2.66. The molecular weight excluding hydrogens is 937 g/mol. The lowest BCUT2D eigenvalue weighted by atomic mass is 9.99. The van der Waals surface area contributed by atoms with Crippen LogP contribution in [0.5, 0.6) is 0 Å². The van der Waals surface area contributed by atoms with Crippen molar-refractivity contribution in [2.75, 3.05) is 62.2 Å². The topological polar surface area (TPSA) is 134 Å². The molecule has 0 saturated carbocycles. The molecule has 8 rings (SSSR count). The van der Waals surface area contributed by atoms with Gasteiger partial charge in [-0.1, -0.05) is 60.7 Å². The van der Waals surface area contributed by atoms with Crippen molar-refractivity contribution in [3.05, 3.63) is 191 Å². The summed E-state index contributed by atoms with van der Waals surface area (Å²) in [6.45, 7) is 15.5. The Hall–Kier alpha value is -7.42. The van der Waals surface area contributed by atoms with E-state index in [1.165, 1.54) is 47.5 Å². The summed E-state index contributed by atoms with van der Waals surface area (Å²) in [5, 5.41) is 9.54. The number of carboxylic acids is 1. The Bertz CT molecular complexity index is 2600. The standard InChI is InChI=1S/C30H35FN4O2.C30H34FN3O3/c1-3-34(4-2)30(37)23-10-13-25(14-11-23)35(28-20-24(29(32)36)12-15-27(28)31)26-16-18-33(19-17-26)21-22-8-6-5-7-9-22;1-3-33(4-2)29(35)23-10-13-25(14-11-23)34(28-20-24(30(36)37)12-15-27(28)31)26-16-18-32(19-17-26)21-22-8-6-5-7-9-22/h5-15,20,26H,3-4,16-19,21H2,1-2H3,(H2,32,36);5-15,20,26H,3-4,16-19,21H2,1-2H3,(H,36,37). The third kappa shape index (κ3) is 13.6. The number of primary amides is 1. The van der Waals surface area contributed by atoms with Crippen molar-refractivity contribution in [3.8, 4) is 0 Å². The Morgan fingerprint density at radius 1 is 0.500 bits per heavy atom. The van der Waals surface area contributed by atoms with E-state index in [1.54, 1.807) is 34.1 Å². The summed E-state index contributed by atoms with van der Waals surface area (Å²) in [7, 11) is 0. The van der Waals surface area contributed by atoms with Gasteiger partial charge < -0.3 is 30.4 Å². The number of piperidine rings is 2. The molecule has 12 nitrogen and oxygen atoms in total. The van der Waals surface area contributed by atoms with Gasteiger partial charge in [0, 0.05) is 106 Å². The number of halogens is 2. The van der Waals surface area contributed by atoms with Crippen LogP contribution in [0.1, 0.15) is 106 Å². The predicted octanol–water partition coefficient (Wildman–Crippen LogP) is 11.0. The highest BCUT2D eigenvalue weighted by Gasteiger charge is 2.31. The number of hydrogen-bond acceptors (Lipinski definition) is 8. The molecule has 3 N–H and O–H groups in total.